The Hall–Kier alpha value is -1.80. The van der Waals surface area contributed by atoms with Crippen LogP contribution in [0.1, 0.15) is 45.7 Å². The Morgan fingerprint density at radius 3 is 2.76 bits per heavy atom. The standard InChI is InChI=1S/C20H30N4O/c1-4-20(2,3)10-5-12-22-13-7-17(8-14-22)23-15-9-18-6-11-21-24(18)16-19(23)25/h6,11,17H,4,7-9,12-16H2,1-3H3. The fourth-order valence-electron chi connectivity index (χ4n) is 3.55. The van der Waals surface area contributed by atoms with Crippen LogP contribution in [-0.2, 0) is 17.8 Å². The van der Waals surface area contributed by atoms with Crippen LogP contribution in [0.15, 0.2) is 12.3 Å². The first kappa shape index (κ1) is 18.0. The molecule has 0 saturated carbocycles. The molecule has 1 aromatic rings. The van der Waals surface area contributed by atoms with Crippen molar-refractivity contribution in [3.05, 3.63) is 18.0 Å². The van der Waals surface area contributed by atoms with Crippen LogP contribution in [0.5, 0.6) is 0 Å². The van der Waals surface area contributed by atoms with E-state index in [2.05, 4.69) is 47.5 Å². The van der Waals surface area contributed by atoms with E-state index in [1.54, 1.807) is 6.20 Å². The van der Waals surface area contributed by atoms with E-state index in [-0.39, 0.29) is 11.3 Å². The molecule has 2 aliphatic rings. The van der Waals surface area contributed by atoms with Crippen molar-refractivity contribution in [1.82, 2.24) is 19.6 Å². The largest absolute Gasteiger partial charge is 0.338 e. The second-order valence-corrected chi connectivity index (χ2v) is 7.86. The lowest BCUT2D eigenvalue weighted by Gasteiger charge is -2.37. The van der Waals surface area contributed by atoms with Gasteiger partial charge in [0.2, 0.25) is 5.91 Å². The highest BCUT2D eigenvalue weighted by molar-refractivity contribution is 5.76. The molecule has 1 saturated heterocycles. The summed E-state index contributed by atoms with van der Waals surface area (Å²) in [4.78, 5) is 17.1. The lowest BCUT2D eigenvalue weighted by molar-refractivity contribution is -0.134. The van der Waals surface area contributed by atoms with Crippen LogP contribution in [0, 0.1) is 17.3 Å². The number of nitrogens with zero attached hydrogens (tertiary/aromatic N) is 4. The third-order valence-electron chi connectivity index (χ3n) is 5.63. The van der Waals surface area contributed by atoms with Crippen molar-refractivity contribution in [3.63, 3.8) is 0 Å². The van der Waals surface area contributed by atoms with Gasteiger partial charge in [-0.2, -0.15) is 5.10 Å². The number of hydrogen-bond acceptors (Lipinski definition) is 3. The van der Waals surface area contributed by atoms with Crippen LogP contribution in [0.3, 0.4) is 0 Å². The van der Waals surface area contributed by atoms with Gasteiger partial charge in [-0.1, -0.05) is 18.8 Å². The average molecular weight is 342 g/mol. The summed E-state index contributed by atoms with van der Waals surface area (Å²) in [5.74, 6) is 6.95. The van der Waals surface area contributed by atoms with Crippen molar-refractivity contribution in [2.24, 2.45) is 5.41 Å². The van der Waals surface area contributed by atoms with Crippen molar-refractivity contribution in [3.8, 4) is 11.8 Å². The molecule has 0 aliphatic carbocycles. The summed E-state index contributed by atoms with van der Waals surface area (Å²) in [7, 11) is 0. The average Bonchev–Trinajstić information content (AvgIpc) is 2.97. The van der Waals surface area contributed by atoms with Gasteiger partial charge in [0.1, 0.15) is 6.54 Å². The second kappa shape index (κ2) is 7.61. The Kier molecular flexibility index (Phi) is 5.48. The van der Waals surface area contributed by atoms with Crippen LogP contribution < -0.4 is 0 Å². The summed E-state index contributed by atoms with van der Waals surface area (Å²) in [6.45, 7) is 10.7. The third kappa shape index (κ3) is 4.43. The van der Waals surface area contributed by atoms with E-state index in [1.807, 2.05) is 10.7 Å². The maximum atomic E-state index is 12.6. The lowest BCUT2D eigenvalue weighted by Crippen LogP contribution is -2.48. The van der Waals surface area contributed by atoms with Crippen molar-refractivity contribution < 1.29 is 4.79 Å². The normalized spacial score (nSPS) is 20.0. The fraction of sp³-hybridized carbons (Fsp3) is 0.700. The summed E-state index contributed by atoms with van der Waals surface area (Å²) >= 11 is 0. The van der Waals surface area contributed by atoms with E-state index in [1.165, 1.54) is 5.69 Å². The molecule has 0 radical (unpaired) electrons. The minimum absolute atomic E-state index is 0.112. The smallest absolute Gasteiger partial charge is 0.244 e. The van der Waals surface area contributed by atoms with Crippen molar-refractivity contribution in [2.45, 2.75) is 59.0 Å². The zero-order chi connectivity index (χ0) is 17.9. The molecule has 25 heavy (non-hydrogen) atoms. The molecule has 1 aromatic heterocycles. The summed E-state index contributed by atoms with van der Waals surface area (Å²) < 4.78 is 1.85. The molecular weight excluding hydrogens is 312 g/mol. The molecule has 0 aromatic carbocycles. The van der Waals surface area contributed by atoms with Gasteiger partial charge in [-0.05, 0) is 39.2 Å². The van der Waals surface area contributed by atoms with Gasteiger partial charge in [-0.15, -0.1) is 0 Å². The molecule has 0 unspecified atom stereocenters. The van der Waals surface area contributed by atoms with Crippen LogP contribution in [0.4, 0.5) is 0 Å². The van der Waals surface area contributed by atoms with Crippen LogP contribution in [0.25, 0.3) is 0 Å². The number of fused-ring (bicyclic) bond motifs is 1. The molecule has 136 valence electrons. The molecule has 0 spiro atoms. The molecule has 0 atom stereocenters. The Bertz CT molecular complexity index is 659. The minimum Gasteiger partial charge on any atom is -0.338 e. The maximum absolute atomic E-state index is 12.6. The van der Waals surface area contributed by atoms with E-state index in [4.69, 9.17) is 0 Å². The predicted octanol–water partition coefficient (Wildman–Crippen LogP) is 2.17. The van der Waals surface area contributed by atoms with Gasteiger partial charge < -0.3 is 4.90 Å². The van der Waals surface area contributed by atoms with Crippen molar-refractivity contribution >= 4 is 5.91 Å². The van der Waals surface area contributed by atoms with Crippen LogP contribution in [0.2, 0.25) is 0 Å². The Morgan fingerprint density at radius 2 is 2.04 bits per heavy atom. The third-order valence-corrected chi connectivity index (χ3v) is 5.63. The first-order chi connectivity index (χ1) is 12.0. The highest BCUT2D eigenvalue weighted by Gasteiger charge is 2.29. The Labute approximate surface area is 151 Å². The Balaban J connectivity index is 1.51. The summed E-state index contributed by atoms with van der Waals surface area (Å²) in [5.41, 5.74) is 1.28. The van der Waals surface area contributed by atoms with E-state index >= 15 is 0 Å². The molecule has 2 aliphatic heterocycles. The van der Waals surface area contributed by atoms with E-state index < -0.39 is 0 Å². The van der Waals surface area contributed by atoms with Crippen LogP contribution in [-0.4, -0.2) is 57.7 Å². The molecule has 3 rings (SSSR count). The number of rotatable bonds is 3. The predicted molar refractivity (Wildman–Crippen MR) is 99.0 cm³/mol. The second-order valence-electron chi connectivity index (χ2n) is 7.86. The van der Waals surface area contributed by atoms with E-state index in [0.29, 0.717) is 12.6 Å². The molecule has 1 amide bonds. The number of aromatic nitrogens is 2. The zero-order valence-electron chi connectivity index (χ0n) is 15.8. The molecule has 0 N–H and O–H groups in total. The number of piperidine rings is 1. The topological polar surface area (TPSA) is 41.4 Å². The first-order valence-electron chi connectivity index (χ1n) is 9.51. The molecular formula is C20H30N4O. The number of likely N-dealkylation sites (tertiary alicyclic amines) is 1. The van der Waals surface area contributed by atoms with Crippen molar-refractivity contribution in [1.29, 1.82) is 0 Å². The molecule has 0 bridgehead atoms. The Morgan fingerprint density at radius 1 is 1.28 bits per heavy atom. The van der Waals surface area contributed by atoms with Gasteiger partial charge in [-0.3, -0.25) is 14.4 Å². The number of carbonyl (C=O) groups excluding carboxylic acids is 1. The summed E-state index contributed by atoms with van der Waals surface area (Å²) in [6, 6.07) is 2.39. The van der Waals surface area contributed by atoms with Gasteiger partial charge in [0.15, 0.2) is 0 Å². The number of hydrogen-bond donors (Lipinski definition) is 0. The fourth-order valence-corrected chi connectivity index (χ4v) is 3.55. The highest BCUT2D eigenvalue weighted by Crippen LogP contribution is 2.20. The lowest BCUT2D eigenvalue weighted by atomic mass is 9.91. The van der Waals surface area contributed by atoms with Crippen molar-refractivity contribution in [2.75, 3.05) is 26.2 Å². The minimum atomic E-state index is 0.112. The van der Waals surface area contributed by atoms with E-state index in [9.17, 15) is 4.79 Å². The molecule has 1 fully saturated rings. The van der Waals surface area contributed by atoms with Gasteiger partial charge >= 0.3 is 0 Å². The van der Waals surface area contributed by atoms with Gasteiger partial charge in [0, 0.05) is 49.4 Å². The van der Waals surface area contributed by atoms with E-state index in [0.717, 1.165) is 51.9 Å². The molecule has 3 heterocycles. The first-order valence-corrected chi connectivity index (χ1v) is 9.51. The summed E-state index contributed by atoms with van der Waals surface area (Å²) in [6.07, 6.45) is 5.87. The maximum Gasteiger partial charge on any atom is 0.244 e. The summed E-state index contributed by atoms with van der Waals surface area (Å²) in [5, 5.41) is 4.27. The van der Waals surface area contributed by atoms with Gasteiger partial charge in [-0.25, -0.2) is 0 Å². The van der Waals surface area contributed by atoms with Gasteiger partial charge in [0.05, 0.1) is 6.54 Å². The number of amides is 1. The van der Waals surface area contributed by atoms with Gasteiger partial charge in [0.25, 0.3) is 0 Å². The quantitative estimate of drug-likeness (QED) is 0.791. The highest BCUT2D eigenvalue weighted by atomic mass is 16.2. The monoisotopic (exact) mass is 342 g/mol. The van der Waals surface area contributed by atoms with Crippen LogP contribution >= 0.6 is 0 Å². The SMILES string of the molecule is CCC(C)(C)C#CCN1CCC(N2CCc3ccnn3CC2=O)CC1. The number of carbonyl (C=O) groups is 1. The molecule has 5 nitrogen and oxygen atoms in total. The molecule has 5 heteroatoms. The zero-order valence-corrected chi connectivity index (χ0v) is 15.8.